The van der Waals surface area contributed by atoms with Gasteiger partial charge in [0.1, 0.15) is 11.8 Å². The molecule has 1 unspecified atom stereocenters. The molecule has 1 heterocycles. The summed E-state index contributed by atoms with van der Waals surface area (Å²) in [4.78, 5) is 24.4. The van der Waals surface area contributed by atoms with E-state index in [1.165, 1.54) is 6.92 Å². The Labute approximate surface area is 152 Å². The maximum absolute atomic E-state index is 12.9. The van der Waals surface area contributed by atoms with Gasteiger partial charge in [0.25, 0.3) is 0 Å². The number of benzene rings is 2. The van der Waals surface area contributed by atoms with Gasteiger partial charge in [-0.1, -0.05) is 42.5 Å². The molecule has 1 aromatic heterocycles. The average Bonchev–Trinajstić information content (AvgIpc) is 3.16. The second-order valence-corrected chi connectivity index (χ2v) is 5.93. The van der Waals surface area contributed by atoms with Gasteiger partial charge in [-0.25, -0.2) is 0 Å². The largest absolute Gasteiger partial charge is 0.468 e. The Morgan fingerprint density at radius 1 is 1.00 bits per heavy atom. The van der Waals surface area contributed by atoms with Gasteiger partial charge in [0.05, 0.1) is 12.8 Å². The van der Waals surface area contributed by atoms with Crippen LogP contribution in [0.2, 0.25) is 0 Å². The molecule has 1 amide bonds. The zero-order chi connectivity index (χ0) is 18.4. The molecule has 3 rings (SSSR count). The van der Waals surface area contributed by atoms with E-state index in [9.17, 15) is 9.59 Å². The highest BCUT2D eigenvalue weighted by Gasteiger charge is 2.20. The monoisotopic (exact) mass is 348 g/mol. The van der Waals surface area contributed by atoms with Crippen molar-refractivity contribution in [2.75, 3.05) is 5.32 Å². The standard InChI is InChI=1S/C21H20N2O3/c1-15(24)17-9-5-10-18(13-17)23-21(25)20(16-7-3-2-4-8-16)22-14-19-11-6-12-26-19/h2-13,20,22H,14H2,1H3,(H,23,25). The van der Waals surface area contributed by atoms with Crippen LogP contribution in [0.25, 0.3) is 0 Å². The molecule has 0 saturated heterocycles. The lowest BCUT2D eigenvalue weighted by Gasteiger charge is -2.18. The predicted octanol–water partition coefficient (Wildman–Crippen LogP) is 3.95. The summed E-state index contributed by atoms with van der Waals surface area (Å²) in [6.07, 6.45) is 1.60. The molecule has 0 fully saturated rings. The minimum Gasteiger partial charge on any atom is -0.468 e. The highest BCUT2D eigenvalue weighted by molar-refractivity contribution is 5.98. The van der Waals surface area contributed by atoms with Gasteiger partial charge < -0.3 is 9.73 Å². The molecular formula is C21H20N2O3. The summed E-state index contributed by atoms with van der Waals surface area (Å²) in [5.41, 5.74) is 1.99. The molecule has 132 valence electrons. The maximum atomic E-state index is 12.9. The number of nitrogens with one attached hydrogen (secondary N) is 2. The fraction of sp³-hybridized carbons (Fsp3) is 0.143. The van der Waals surface area contributed by atoms with Crippen molar-refractivity contribution in [3.63, 3.8) is 0 Å². The van der Waals surface area contributed by atoms with Crippen LogP contribution < -0.4 is 10.6 Å². The van der Waals surface area contributed by atoms with Crippen LogP contribution in [0.15, 0.2) is 77.4 Å². The summed E-state index contributed by atoms with van der Waals surface area (Å²) in [6.45, 7) is 1.92. The van der Waals surface area contributed by atoms with Gasteiger partial charge in [-0.05, 0) is 36.8 Å². The van der Waals surface area contributed by atoms with Crippen LogP contribution in [0.1, 0.15) is 34.6 Å². The summed E-state index contributed by atoms with van der Waals surface area (Å²) in [5.74, 6) is 0.498. The highest BCUT2D eigenvalue weighted by Crippen LogP contribution is 2.18. The van der Waals surface area contributed by atoms with E-state index in [1.807, 2.05) is 42.5 Å². The first-order chi connectivity index (χ1) is 12.6. The molecule has 0 spiro atoms. The maximum Gasteiger partial charge on any atom is 0.246 e. The second-order valence-electron chi connectivity index (χ2n) is 5.93. The predicted molar refractivity (Wildman–Crippen MR) is 99.8 cm³/mol. The lowest BCUT2D eigenvalue weighted by molar-refractivity contribution is -0.118. The van der Waals surface area contributed by atoms with E-state index in [2.05, 4.69) is 10.6 Å². The molecular weight excluding hydrogens is 328 g/mol. The third kappa shape index (κ3) is 4.46. The van der Waals surface area contributed by atoms with Crippen molar-refractivity contribution < 1.29 is 14.0 Å². The Morgan fingerprint density at radius 3 is 2.50 bits per heavy atom. The third-order valence-electron chi connectivity index (χ3n) is 3.99. The van der Waals surface area contributed by atoms with Crippen LogP contribution in [-0.2, 0) is 11.3 Å². The number of hydrogen-bond donors (Lipinski definition) is 2. The highest BCUT2D eigenvalue weighted by atomic mass is 16.3. The Bertz CT molecular complexity index is 873. The van der Waals surface area contributed by atoms with Crippen LogP contribution in [0.3, 0.4) is 0 Å². The number of Topliss-reactive ketones (excluding diaryl/α,β-unsaturated/α-hetero) is 1. The Kier molecular flexibility index (Phi) is 5.61. The molecule has 0 aliphatic rings. The molecule has 0 aliphatic heterocycles. The van der Waals surface area contributed by atoms with Crippen molar-refractivity contribution in [3.8, 4) is 0 Å². The first-order valence-electron chi connectivity index (χ1n) is 8.36. The van der Waals surface area contributed by atoms with Gasteiger partial charge in [0.15, 0.2) is 5.78 Å². The van der Waals surface area contributed by atoms with Gasteiger partial charge in [-0.15, -0.1) is 0 Å². The van der Waals surface area contributed by atoms with Gasteiger partial charge >= 0.3 is 0 Å². The summed E-state index contributed by atoms with van der Waals surface area (Å²) in [7, 11) is 0. The van der Waals surface area contributed by atoms with Gasteiger partial charge in [0.2, 0.25) is 5.91 Å². The molecule has 0 radical (unpaired) electrons. The average molecular weight is 348 g/mol. The van der Waals surface area contributed by atoms with Gasteiger partial charge in [0, 0.05) is 11.3 Å². The molecule has 5 nitrogen and oxygen atoms in total. The zero-order valence-electron chi connectivity index (χ0n) is 14.4. The van der Waals surface area contributed by atoms with Crippen LogP contribution in [0.4, 0.5) is 5.69 Å². The quantitative estimate of drug-likeness (QED) is 0.634. The van der Waals surface area contributed by atoms with E-state index in [1.54, 1.807) is 30.5 Å². The van der Waals surface area contributed by atoms with Crippen molar-refractivity contribution in [2.24, 2.45) is 0 Å². The fourth-order valence-electron chi connectivity index (χ4n) is 2.65. The Morgan fingerprint density at radius 2 is 1.81 bits per heavy atom. The van der Waals surface area contributed by atoms with E-state index < -0.39 is 6.04 Å². The lowest BCUT2D eigenvalue weighted by atomic mass is 10.1. The molecule has 0 bridgehead atoms. The molecule has 5 heteroatoms. The zero-order valence-corrected chi connectivity index (χ0v) is 14.4. The number of anilines is 1. The number of amides is 1. The molecule has 2 N–H and O–H groups in total. The van der Waals surface area contributed by atoms with E-state index in [0.29, 0.717) is 17.8 Å². The minimum atomic E-state index is -0.553. The van der Waals surface area contributed by atoms with Crippen molar-refractivity contribution in [2.45, 2.75) is 19.5 Å². The van der Waals surface area contributed by atoms with Crippen molar-refractivity contribution in [1.29, 1.82) is 0 Å². The smallest absolute Gasteiger partial charge is 0.246 e. The van der Waals surface area contributed by atoms with Crippen molar-refractivity contribution in [1.82, 2.24) is 5.32 Å². The Hall–Kier alpha value is -3.18. The normalized spacial score (nSPS) is 11.7. The van der Waals surface area contributed by atoms with Crippen LogP contribution in [0.5, 0.6) is 0 Å². The number of carbonyl (C=O) groups is 2. The van der Waals surface area contributed by atoms with E-state index in [0.717, 1.165) is 11.3 Å². The van der Waals surface area contributed by atoms with E-state index >= 15 is 0 Å². The number of rotatable bonds is 7. The van der Waals surface area contributed by atoms with Gasteiger partial charge in [-0.2, -0.15) is 0 Å². The molecule has 3 aromatic rings. The lowest BCUT2D eigenvalue weighted by Crippen LogP contribution is -2.32. The molecule has 2 aromatic carbocycles. The first-order valence-corrected chi connectivity index (χ1v) is 8.36. The number of carbonyl (C=O) groups excluding carboxylic acids is 2. The van der Waals surface area contributed by atoms with E-state index in [-0.39, 0.29) is 11.7 Å². The van der Waals surface area contributed by atoms with E-state index in [4.69, 9.17) is 4.42 Å². The van der Waals surface area contributed by atoms with Crippen LogP contribution >= 0.6 is 0 Å². The topological polar surface area (TPSA) is 71.3 Å². The molecule has 0 saturated carbocycles. The van der Waals surface area contributed by atoms with Crippen molar-refractivity contribution in [3.05, 3.63) is 89.9 Å². The summed E-state index contributed by atoms with van der Waals surface area (Å²) < 4.78 is 5.33. The summed E-state index contributed by atoms with van der Waals surface area (Å²) in [6, 6.07) is 19.5. The van der Waals surface area contributed by atoms with Crippen LogP contribution in [-0.4, -0.2) is 11.7 Å². The Balaban J connectivity index is 1.78. The number of furan rings is 1. The summed E-state index contributed by atoms with van der Waals surface area (Å²) >= 11 is 0. The fourth-order valence-corrected chi connectivity index (χ4v) is 2.65. The van der Waals surface area contributed by atoms with Crippen LogP contribution in [0, 0.1) is 0 Å². The second kappa shape index (κ2) is 8.27. The van der Waals surface area contributed by atoms with Crippen molar-refractivity contribution >= 4 is 17.4 Å². The molecule has 1 atom stereocenters. The number of ketones is 1. The third-order valence-corrected chi connectivity index (χ3v) is 3.99. The van der Waals surface area contributed by atoms with Gasteiger partial charge in [-0.3, -0.25) is 14.9 Å². The molecule has 26 heavy (non-hydrogen) atoms. The SMILES string of the molecule is CC(=O)c1cccc(NC(=O)C(NCc2ccco2)c2ccccc2)c1. The number of hydrogen-bond acceptors (Lipinski definition) is 4. The summed E-state index contributed by atoms with van der Waals surface area (Å²) in [5, 5.41) is 6.10. The minimum absolute atomic E-state index is 0.0448. The molecule has 0 aliphatic carbocycles. The first kappa shape index (κ1) is 17.6.